The molecule has 0 amide bonds. The third kappa shape index (κ3) is 5.94. The summed E-state index contributed by atoms with van der Waals surface area (Å²) in [5.41, 5.74) is 1.21. The van der Waals surface area contributed by atoms with Crippen LogP contribution in [0.25, 0.3) is 0 Å². The molecule has 2 heterocycles. The number of halogens is 5. The normalized spacial score (nSPS) is 21.3. The molecule has 206 valence electrons. The van der Waals surface area contributed by atoms with Crippen LogP contribution in [0.15, 0.2) is 70.0 Å². The predicted molar refractivity (Wildman–Crippen MR) is 138 cm³/mol. The Labute approximate surface area is 231 Å². The third-order valence-electron chi connectivity index (χ3n) is 6.09. The van der Waals surface area contributed by atoms with Crippen molar-refractivity contribution in [3.05, 3.63) is 70.7 Å². The van der Waals surface area contributed by atoms with Gasteiger partial charge in [-0.3, -0.25) is 0 Å². The van der Waals surface area contributed by atoms with Gasteiger partial charge < -0.3 is 24.2 Å². The smallest absolute Gasteiger partial charge is 0.453 e. The Morgan fingerprint density at radius 1 is 0.974 bits per heavy atom. The molecule has 1 N–H and O–H groups in total. The third-order valence-corrected chi connectivity index (χ3v) is 7.83. The average Bonchev–Trinajstić information content (AvgIpc) is 2.86. The van der Waals surface area contributed by atoms with Crippen molar-refractivity contribution in [1.82, 2.24) is 0 Å². The zero-order valence-electron chi connectivity index (χ0n) is 19.7. The van der Waals surface area contributed by atoms with Gasteiger partial charge >= 0.3 is 6.36 Å². The molecular weight excluding hydrogens is 584 g/mol. The second-order valence-electron chi connectivity index (χ2n) is 8.70. The van der Waals surface area contributed by atoms with Gasteiger partial charge in [0.05, 0.1) is 41.6 Å². The van der Waals surface area contributed by atoms with E-state index in [2.05, 4.69) is 9.13 Å². The molecule has 1 fully saturated rings. The molecule has 0 saturated carbocycles. The molecule has 0 spiro atoms. The molecule has 0 aromatic heterocycles. The second kappa shape index (κ2) is 10.5. The minimum atomic E-state index is -4.91. The van der Waals surface area contributed by atoms with Gasteiger partial charge in [0.15, 0.2) is 11.5 Å². The van der Waals surface area contributed by atoms with E-state index in [0.717, 1.165) is 30.5 Å². The molecule has 8 nitrogen and oxygen atoms in total. The molecule has 5 rings (SSSR count). The minimum absolute atomic E-state index is 0.0136. The molecule has 2 aliphatic heterocycles. The summed E-state index contributed by atoms with van der Waals surface area (Å²) in [7, 11) is -4.29. The van der Waals surface area contributed by atoms with Crippen LogP contribution in [0.1, 0.15) is 0 Å². The first-order valence-electron chi connectivity index (χ1n) is 11.4. The van der Waals surface area contributed by atoms with Crippen molar-refractivity contribution in [2.45, 2.75) is 23.4 Å². The van der Waals surface area contributed by atoms with Crippen LogP contribution < -0.4 is 14.4 Å². The summed E-state index contributed by atoms with van der Waals surface area (Å²) in [5, 5.41) is 12.2. The first-order valence-corrected chi connectivity index (χ1v) is 13.6. The maximum Gasteiger partial charge on any atom is 0.573 e. The van der Waals surface area contributed by atoms with E-state index in [0.29, 0.717) is 32.9 Å². The van der Waals surface area contributed by atoms with Crippen LogP contribution in [0.5, 0.6) is 17.2 Å². The number of rotatable bonds is 5. The maximum absolute atomic E-state index is 12.7. The van der Waals surface area contributed by atoms with Crippen LogP contribution in [-0.4, -0.2) is 51.5 Å². The van der Waals surface area contributed by atoms with Crippen LogP contribution in [0, 0.1) is 5.92 Å². The number of sulfonamides is 1. The van der Waals surface area contributed by atoms with E-state index in [1.54, 1.807) is 36.4 Å². The lowest BCUT2D eigenvalue weighted by atomic mass is 9.93. The van der Waals surface area contributed by atoms with Gasteiger partial charge in [-0.1, -0.05) is 23.2 Å². The Kier molecular flexibility index (Phi) is 7.42. The molecule has 3 aromatic rings. The van der Waals surface area contributed by atoms with Gasteiger partial charge in [0.2, 0.25) is 0 Å². The summed E-state index contributed by atoms with van der Waals surface area (Å²) in [6.45, 7) is 0.0867. The van der Waals surface area contributed by atoms with Crippen molar-refractivity contribution >= 4 is 50.8 Å². The largest absolute Gasteiger partial charge is 0.573 e. The van der Waals surface area contributed by atoms with Crippen molar-refractivity contribution in [3.63, 3.8) is 0 Å². The van der Waals surface area contributed by atoms with Gasteiger partial charge in [-0.05, 0) is 48.5 Å². The van der Waals surface area contributed by atoms with Gasteiger partial charge in [0.1, 0.15) is 5.75 Å². The highest BCUT2D eigenvalue weighted by molar-refractivity contribution is 7.90. The SMILES string of the molecule is O=S(=O)(N=CC1COCC(N2c3ccc(Cl)cc3Oc3cc(Cl)ccc32)[C@H]1O)c1ccc(OC(F)(F)F)cc1. The quantitative estimate of drug-likeness (QED) is 0.359. The number of hydrogen-bond acceptors (Lipinski definition) is 7. The number of hydrogen-bond donors (Lipinski definition) is 1. The van der Waals surface area contributed by atoms with Crippen LogP contribution in [0.3, 0.4) is 0 Å². The van der Waals surface area contributed by atoms with Gasteiger partial charge in [0.25, 0.3) is 10.0 Å². The average molecular weight is 603 g/mol. The molecule has 1 saturated heterocycles. The summed E-state index contributed by atoms with van der Waals surface area (Å²) in [6.07, 6.45) is -4.98. The summed E-state index contributed by atoms with van der Waals surface area (Å²) < 4.78 is 81.7. The zero-order valence-corrected chi connectivity index (χ0v) is 22.0. The fourth-order valence-electron chi connectivity index (χ4n) is 4.34. The minimum Gasteiger partial charge on any atom is -0.453 e. The lowest BCUT2D eigenvalue weighted by molar-refractivity contribution is -0.274. The molecule has 39 heavy (non-hydrogen) atoms. The van der Waals surface area contributed by atoms with Crippen LogP contribution >= 0.6 is 23.2 Å². The highest BCUT2D eigenvalue weighted by Crippen LogP contribution is 2.50. The lowest BCUT2D eigenvalue weighted by Crippen LogP contribution is -2.53. The topological polar surface area (TPSA) is 97.7 Å². The van der Waals surface area contributed by atoms with Gasteiger partial charge in [-0.2, -0.15) is 12.8 Å². The molecule has 2 aliphatic rings. The number of ether oxygens (including phenoxy) is 3. The second-order valence-corrected chi connectivity index (χ2v) is 11.2. The first kappa shape index (κ1) is 27.5. The molecule has 3 aromatic carbocycles. The standard InChI is InChI=1S/C25H19Cl2F3N2O6S/c26-15-1-7-19-22(9-15)37-23-10-16(27)2-8-20(23)32(19)21-13-36-12-14(24(21)33)11-31-39(34,35)18-5-3-17(4-6-18)38-25(28,29)30/h1-11,14,21,24,33H,12-13H2/t14?,21?,24-/m0/s1. The number of anilines is 2. The first-order chi connectivity index (χ1) is 18.4. The van der Waals surface area contributed by atoms with Crippen molar-refractivity contribution in [3.8, 4) is 17.2 Å². The Balaban J connectivity index is 1.40. The summed E-state index contributed by atoms with van der Waals surface area (Å²) in [4.78, 5) is 1.47. The van der Waals surface area contributed by atoms with Crippen LogP contribution in [-0.2, 0) is 14.8 Å². The molecule has 0 bridgehead atoms. The molecule has 2 unspecified atom stereocenters. The predicted octanol–water partition coefficient (Wildman–Crippen LogP) is 5.97. The van der Waals surface area contributed by atoms with Crippen molar-refractivity contribution < 1.29 is 40.9 Å². The highest BCUT2D eigenvalue weighted by atomic mass is 35.5. The zero-order chi connectivity index (χ0) is 27.9. The van der Waals surface area contributed by atoms with E-state index in [4.69, 9.17) is 32.7 Å². The lowest BCUT2D eigenvalue weighted by Gasteiger charge is -2.43. The molecule has 3 atom stereocenters. The summed E-state index contributed by atoms with van der Waals surface area (Å²) >= 11 is 12.3. The number of nitrogens with zero attached hydrogens (tertiary/aromatic N) is 2. The number of benzene rings is 3. The molecule has 0 aliphatic carbocycles. The van der Waals surface area contributed by atoms with Gasteiger partial charge in [-0.25, -0.2) is 0 Å². The molecule has 14 heteroatoms. The number of alkyl halides is 3. The Bertz CT molecular complexity index is 1470. The number of aliphatic hydroxyl groups excluding tert-OH is 1. The van der Waals surface area contributed by atoms with Gasteiger partial charge in [0, 0.05) is 34.3 Å². The molecular formula is C25H19Cl2F3N2O6S. The van der Waals surface area contributed by atoms with Crippen LogP contribution in [0.4, 0.5) is 24.5 Å². The van der Waals surface area contributed by atoms with Crippen LogP contribution in [0.2, 0.25) is 10.0 Å². The Morgan fingerprint density at radius 2 is 1.56 bits per heavy atom. The number of fused-ring (bicyclic) bond motifs is 2. The van der Waals surface area contributed by atoms with Crippen molar-refractivity contribution in [2.24, 2.45) is 10.3 Å². The monoisotopic (exact) mass is 602 g/mol. The fraction of sp³-hybridized carbons (Fsp3) is 0.240. The Hall–Kier alpha value is -3.03. The Morgan fingerprint density at radius 3 is 2.13 bits per heavy atom. The van der Waals surface area contributed by atoms with E-state index >= 15 is 0 Å². The van der Waals surface area contributed by atoms with Gasteiger partial charge in [-0.15, -0.1) is 13.2 Å². The van der Waals surface area contributed by atoms with E-state index in [-0.39, 0.29) is 18.1 Å². The fourth-order valence-corrected chi connectivity index (χ4v) is 5.58. The van der Waals surface area contributed by atoms with Crippen molar-refractivity contribution in [2.75, 3.05) is 18.1 Å². The summed E-state index contributed by atoms with van der Waals surface area (Å²) in [5.74, 6) is -0.541. The van der Waals surface area contributed by atoms with E-state index in [1.807, 2.05) is 4.90 Å². The van der Waals surface area contributed by atoms with E-state index in [9.17, 15) is 26.7 Å². The molecule has 0 radical (unpaired) electrons. The van der Waals surface area contributed by atoms with Crippen molar-refractivity contribution in [1.29, 1.82) is 0 Å². The highest BCUT2D eigenvalue weighted by Gasteiger charge is 2.40. The summed E-state index contributed by atoms with van der Waals surface area (Å²) in [6, 6.07) is 13.0. The maximum atomic E-state index is 12.7. The van der Waals surface area contributed by atoms with E-state index in [1.165, 1.54) is 0 Å². The number of aliphatic hydroxyl groups is 1. The van der Waals surface area contributed by atoms with E-state index < -0.39 is 40.2 Å².